The van der Waals surface area contributed by atoms with Crippen LogP contribution in [0.2, 0.25) is 5.02 Å². The molecule has 0 spiro atoms. The summed E-state index contributed by atoms with van der Waals surface area (Å²) >= 11 is 6.04. The smallest absolute Gasteiger partial charge is 0.123 e. The Balaban J connectivity index is 2.56. The number of nitrogens with zero attached hydrogens (tertiary/aromatic N) is 1. The van der Waals surface area contributed by atoms with Crippen LogP contribution in [0, 0.1) is 5.92 Å². The van der Waals surface area contributed by atoms with E-state index in [0.29, 0.717) is 12.0 Å². The van der Waals surface area contributed by atoms with Crippen LogP contribution in [0.1, 0.15) is 25.8 Å². The van der Waals surface area contributed by atoms with Gasteiger partial charge in [-0.3, -0.25) is 0 Å². The second-order valence-electron chi connectivity index (χ2n) is 5.83. The molecule has 0 aliphatic heterocycles. The van der Waals surface area contributed by atoms with E-state index in [4.69, 9.17) is 16.3 Å². The molecule has 0 aliphatic carbocycles. The van der Waals surface area contributed by atoms with Gasteiger partial charge in [-0.15, -0.1) is 0 Å². The van der Waals surface area contributed by atoms with Gasteiger partial charge in [0.1, 0.15) is 5.75 Å². The van der Waals surface area contributed by atoms with E-state index in [-0.39, 0.29) is 0 Å². The van der Waals surface area contributed by atoms with Crippen LogP contribution in [-0.2, 0) is 6.54 Å². The van der Waals surface area contributed by atoms with Gasteiger partial charge in [-0.2, -0.15) is 0 Å². The first kappa shape index (κ1) is 17.3. The number of halogens is 1. The van der Waals surface area contributed by atoms with Crippen LogP contribution in [0.3, 0.4) is 0 Å². The molecule has 1 N–H and O–H groups in total. The molecular formula is C16H27ClN2O. The molecule has 1 aromatic rings. The third kappa shape index (κ3) is 5.70. The van der Waals surface area contributed by atoms with E-state index < -0.39 is 0 Å². The van der Waals surface area contributed by atoms with Gasteiger partial charge in [0.15, 0.2) is 0 Å². The maximum atomic E-state index is 6.04. The molecule has 20 heavy (non-hydrogen) atoms. The minimum absolute atomic E-state index is 0.542. The molecule has 3 nitrogen and oxygen atoms in total. The predicted octanol–water partition coefficient (Wildman–Crippen LogP) is 3.41. The van der Waals surface area contributed by atoms with Crippen molar-refractivity contribution in [3.63, 3.8) is 0 Å². The summed E-state index contributed by atoms with van der Waals surface area (Å²) in [4.78, 5) is 2.28. The van der Waals surface area contributed by atoms with Crippen molar-refractivity contribution in [3.8, 4) is 5.75 Å². The summed E-state index contributed by atoms with van der Waals surface area (Å²) in [6.07, 6.45) is 1.19. The minimum Gasteiger partial charge on any atom is -0.496 e. The molecule has 1 atom stereocenters. The molecule has 0 aliphatic rings. The fourth-order valence-corrected chi connectivity index (χ4v) is 2.47. The average Bonchev–Trinajstić information content (AvgIpc) is 2.37. The predicted molar refractivity (Wildman–Crippen MR) is 86.6 cm³/mol. The summed E-state index contributed by atoms with van der Waals surface area (Å²) in [6, 6.07) is 6.27. The summed E-state index contributed by atoms with van der Waals surface area (Å²) in [5.41, 5.74) is 1.10. The van der Waals surface area contributed by atoms with Crippen LogP contribution >= 0.6 is 11.6 Å². The van der Waals surface area contributed by atoms with Gasteiger partial charge in [0, 0.05) is 29.7 Å². The van der Waals surface area contributed by atoms with E-state index in [1.807, 2.05) is 18.2 Å². The van der Waals surface area contributed by atoms with Gasteiger partial charge in [-0.1, -0.05) is 25.4 Å². The Labute approximate surface area is 128 Å². The molecule has 0 aromatic heterocycles. The van der Waals surface area contributed by atoms with E-state index in [1.54, 1.807) is 7.11 Å². The zero-order chi connectivity index (χ0) is 15.1. The second kappa shape index (κ2) is 8.50. The fourth-order valence-electron chi connectivity index (χ4n) is 2.28. The molecule has 0 saturated heterocycles. The van der Waals surface area contributed by atoms with Crippen molar-refractivity contribution in [1.29, 1.82) is 0 Å². The Bertz CT molecular complexity index is 407. The molecular weight excluding hydrogens is 272 g/mol. The largest absolute Gasteiger partial charge is 0.496 e. The van der Waals surface area contributed by atoms with Gasteiger partial charge in [0.2, 0.25) is 0 Å². The topological polar surface area (TPSA) is 24.5 Å². The van der Waals surface area contributed by atoms with Crippen molar-refractivity contribution in [1.82, 2.24) is 10.2 Å². The van der Waals surface area contributed by atoms with Crippen LogP contribution in [0.25, 0.3) is 0 Å². The van der Waals surface area contributed by atoms with Crippen LogP contribution in [0.15, 0.2) is 18.2 Å². The molecule has 0 saturated carbocycles. The standard InChI is InChI=1S/C16H27ClN2O/c1-12(2)8-15(19(3)4)11-18-10-13-9-14(17)6-7-16(13)20-5/h6-7,9,12,15,18H,8,10-11H2,1-5H3. The second-order valence-corrected chi connectivity index (χ2v) is 6.27. The number of benzene rings is 1. The van der Waals surface area contributed by atoms with Gasteiger partial charge in [0.05, 0.1) is 7.11 Å². The van der Waals surface area contributed by atoms with Crippen LogP contribution in [0.4, 0.5) is 0 Å². The lowest BCUT2D eigenvalue weighted by atomic mass is 10.0. The van der Waals surface area contributed by atoms with Gasteiger partial charge in [-0.05, 0) is 44.6 Å². The Morgan fingerprint density at radius 1 is 1.30 bits per heavy atom. The lowest BCUT2D eigenvalue weighted by Gasteiger charge is -2.26. The summed E-state index contributed by atoms with van der Waals surface area (Å²) < 4.78 is 5.36. The quantitative estimate of drug-likeness (QED) is 0.796. The van der Waals surface area contributed by atoms with Crippen molar-refractivity contribution in [2.24, 2.45) is 5.92 Å². The SMILES string of the molecule is COc1ccc(Cl)cc1CNCC(CC(C)C)N(C)C. The molecule has 114 valence electrons. The highest BCUT2D eigenvalue weighted by atomic mass is 35.5. The average molecular weight is 299 g/mol. The van der Waals surface area contributed by atoms with Crippen LogP contribution in [-0.4, -0.2) is 38.7 Å². The van der Waals surface area contributed by atoms with E-state index >= 15 is 0 Å². The monoisotopic (exact) mass is 298 g/mol. The summed E-state index contributed by atoms with van der Waals surface area (Å²) in [7, 11) is 5.96. The molecule has 1 rings (SSSR count). The first-order valence-corrected chi connectivity index (χ1v) is 7.51. The normalized spacial score (nSPS) is 13.0. The number of nitrogens with one attached hydrogen (secondary N) is 1. The van der Waals surface area contributed by atoms with Crippen LogP contribution in [0.5, 0.6) is 5.75 Å². The molecule has 1 aromatic carbocycles. The van der Waals surface area contributed by atoms with Gasteiger partial charge < -0.3 is 15.0 Å². The fraction of sp³-hybridized carbons (Fsp3) is 0.625. The highest BCUT2D eigenvalue weighted by molar-refractivity contribution is 6.30. The molecule has 0 bridgehead atoms. The third-order valence-electron chi connectivity index (χ3n) is 3.41. The Kier molecular flexibility index (Phi) is 7.35. The first-order valence-electron chi connectivity index (χ1n) is 7.13. The number of hydrogen-bond acceptors (Lipinski definition) is 3. The highest BCUT2D eigenvalue weighted by Gasteiger charge is 2.13. The van der Waals surface area contributed by atoms with E-state index in [9.17, 15) is 0 Å². The minimum atomic E-state index is 0.542. The maximum absolute atomic E-state index is 6.04. The molecule has 0 radical (unpaired) electrons. The zero-order valence-electron chi connectivity index (χ0n) is 13.2. The number of likely N-dealkylation sites (N-methyl/N-ethyl adjacent to an activating group) is 1. The Morgan fingerprint density at radius 3 is 2.55 bits per heavy atom. The highest BCUT2D eigenvalue weighted by Crippen LogP contribution is 2.22. The number of hydrogen-bond donors (Lipinski definition) is 1. The lowest BCUT2D eigenvalue weighted by molar-refractivity contribution is 0.246. The Hall–Kier alpha value is -0.770. The van der Waals surface area contributed by atoms with Crippen molar-refractivity contribution >= 4 is 11.6 Å². The van der Waals surface area contributed by atoms with Crippen molar-refractivity contribution in [2.45, 2.75) is 32.9 Å². The van der Waals surface area contributed by atoms with Crippen molar-refractivity contribution in [2.75, 3.05) is 27.7 Å². The van der Waals surface area contributed by atoms with E-state index in [2.05, 4.69) is 38.2 Å². The van der Waals surface area contributed by atoms with E-state index in [0.717, 1.165) is 29.4 Å². The van der Waals surface area contributed by atoms with Gasteiger partial charge in [0.25, 0.3) is 0 Å². The molecule has 4 heteroatoms. The molecule has 1 unspecified atom stereocenters. The van der Waals surface area contributed by atoms with E-state index in [1.165, 1.54) is 6.42 Å². The third-order valence-corrected chi connectivity index (χ3v) is 3.65. The first-order chi connectivity index (χ1) is 9.43. The number of ether oxygens (including phenoxy) is 1. The summed E-state index contributed by atoms with van der Waals surface area (Å²) in [6.45, 7) is 6.25. The summed E-state index contributed by atoms with van der Waals surface area (Å²) in [5.74, 6) is 1.58. The lowest BCUT2D eigenvalue weighted by Crippen LogP contribution is -2.38. The van der Waals surface area contributed by atoms with Gasteiger partial charge >= 0.3 is 0 Å². The van der Waals surface area contributed by atoms with Crippen LogP contribution < -0.4 is 10.1 Å². The van der Waals surface area contributed by atoms with Gasteiger partial charge in [-0.25, -0.2) is 0 Å². The van der Waals surface area contributed by atoms with Crippen molar-refractivity contribution in [3.05, 3.63) is 28.8 Å². The maximum Gasteiger partial charge on any atom is 0.123 e. The molecule has 0 fully saturated rings. The van der Waals surface area contributed by atoms with Crippen molar-refractivity contribution < 1.29 is 4.74 Å². The molecule has 0 amide bonds. The zero-order valence-corrected chi connectivity index (χ0v) is 14.0. The summed E-state index contributed by atoms with van der Waals surface area (Å²) in [5, 5.41) is 4.25. The number of methoxy groups -OCH3 is 1. The Morgan fingerprint density at radius 2 is 2.00 bits per heavy atom. The number of rotatable bonds is 8. The molecule has 0 heterocycles.